The Balaban J connectivity index is 1.58. The van der Waals surface area contributed by atoms with Gasteiger partial charge in [0.05, 0.1) is 35.9 Å². The molecule has 5 heterocycles. The van der Waals surface area contributed by atoms with E-state index in [1.54, 1.807) is 6.07 Å². The van der Waals surface area contributed by atoms with Gasteiger partial charge in [-0.05, 0) is 38.9 Å². The Morgan fingerprint density at radius 2 is 2.07 bits per heavy atom. The summed E-state index contributed by atoms with van der Waals surface area (Å²) in [4.78, 5) is 4.65. The van der Waals surface area contributed by atoms with Crippen molar-refractivity contribution in [1.82, 2.24) is 24.3 Å². The lowest BCUT2D eigenvalue weighted by molar-refractivity contribution is 0.192. The molecule has 0 saturated heterocycles. The van der Waals surface area contributed by atoms with Crippen LogP contribution in [-0.4, -0.2) is 43.4 Å². The summed E-state index contributed by atoms with van der Waals surface area (Å²) in [6.07, 6.45) is 2.17. The summed E-state index contributed by atoms with van der Waals surface area (Å²) in [5, 5.41) is 18.3. The van der Waals surface area contributed by atoms with Crippen molar-refractivity contribution in [1.29, 1.82) is 5.26 Å². The molecule has 0 spiro atoms. The number of anilines is 1. The van der Waals surface area contributed by atoms with Crippen molar-refractivity contribution in [2.24, 2.45) is 0 Å². The second kappa shape index (κ2) is 6.56. The van der Waals surface area contributed by atoms with Crippen LogP contribution in [0, 0.1) is 17.1 Å². The second-order valence-corrected chi connectivity index (χ2v) is 8.13. The minimum absolute atomic E-state index is 0.177. The number of nitrogens with zero attached hydrogens (tertiary/aromatic N) is 7. The number of fused-ring (bicyclic) bond motifs is 4. The zero-order valence-electron chi connectivity index (χ0n) is 16.9. The van der Waals surface area contributed by atoms with Gasteiger partial charge in [-0.2, -0.15) is 15.5 Å². The molecule has 2 atom stereocenters. The standard InChI is InChI=1S/C21H24FN7/c1-4-26-11-18-16(7-13(26)2)20-12-27(10-14(3)28(20)25-18)19-6-5-15(8-23)29-21(19)17(22)9-24-29/h5-6,9,13-14H,4,7,10-12H2,1-3H3/t13-,14+/m0/s1. The van der Waals surface area contributed by atoms with Crippen LogP contribution >= 0.6 is 0 Å². The first-order chi connectivity index (χ1) is 14.0. The number of hydrogen-bond acceptors (Lipinski definition) is 5. The van der Waals surface area contributed by atoms with Gasteiger partial charge in [0, 0.05) is 24.7 Å². The minimum atomic E-state index is -0.405. The monoisotopic (exact) mass is 393 g/mol. The van der Waals surface area contributed by atoms with E-state index in [0.29, 0.717) is 23.8 Å². The lowest BCUT2D eigenvalue weighted by atomic mass is 9.97. The third-order valence-corrected chi connectivity index (χ3v) is 6.38. The van der Waals surface area contributed by atoms with Crippen LogP contribution in [0.5, 0.6) is 0 Å². The highest BCUT2D eigenvalue weighted by Crippen LogP contribution is 2.35. The van der Waals surface area contributed by atoms with Gasteiger partial charge in [-0.25, -0.2) is 8.91 Å². The predicted molar refractivity (Wildman–Crippen MR) is 107 cm³/mol. The first-order valence-corrected chi connectivity index (χ1v) is 10.2. The van der Waals surface area contributed by atoms with Crippen LogP contribution in [0.3, 0.4) is 0 Å². The summed E-state index contributed by atoms with van der Waals surface area (Å²) in [7, 11) is 0. The van der Waals surface area contributed by atoms with Crippen molar-refractivity contribution in [2.45, 2.75) is 52.4 Å². The van der Waals surface area contributed by atoms with Crippen molar-refractivity contribution < 1.29 is 4.39 Å². The Kier molecular flexibility index (Phi) is 4.10. The van der Waals surface area contributed by atoms with E-state index in [-0.39, 0.29) is 6.04 Å². The quantitative estimate of drug-likeness (QED) is 0.670. The van der Waals surface area contributed by atoms with Crippen molar-refractivity contribution >= 4 is 11.2 Å². The SMILES string of the molecule is CCN1Cc2nn3c(c2C[C@@H]1C)CN(c1ccc(C#N)n2ncc(F)c12)C[C@H]3C. The molecule has 0 N–H and O–H groups in total. The van der Waals surface area contributed by atoms with Gasteiger partial charge in [0.1, 0.15) is 17.3 Å². The fourth-order valence-corrected chi connectivity index (χ4v) is 4.86. The van der Waals surface area contributed by atoms with Crippen LogP contribution in [-0.2, 0) is 19.5 Å². The smallest absolute Gasteiger partial charge is 0.171 e. The molecule has 29 heavy (non-hydrogen) atoms. The molecule has 0 bridgehead atoms. The van der Waals surface area contributed by atoms with Crippen LogP contribution in [0.4, 0.5) is 10.1 Å². The zero-order valence-corrected chi connectivity index (χ0v) is 16.9. The first-order valence-electron chi connectivity index (χ1n) is 10.2. The Labute approximate surface area is 168 Å². The maximum absolute atomic E-state index is 14.6. The molecule has 3 aromatic heterocycles. The Hall–Kier alpha value is -2.92. The summed E-state index contributed by atoms with van der Waals surface area (Å²) >= 11 is 0. The summed E-state index contributed by atoms with van der Waals surface area (Å²) in [6, 6.07) is 6.30. The topological polar surface area (TPSA) is 65.4 Å². The first kappa shape index (κ1) is 18.1. The number of likely N-dealkylation sites (N-methyl/N-ethyl adjacent to an activating group) is 1. The molecule has 0 unspecified atom stereocenters. The Morgan fingerprint density at radius 3 is 2.83 bits per heavy atom. The highest BCUT2D eigenvalue weighted by atomic mass is 19.1. The molecule has 150 valence electrons. The van der Waals surface area contributed by atoms with Gasteiger partial charge in [0.25, 0.3) is 0 Å². The van der Waals surface area contributed by atoms with Gasteiger partial charge < -0.3 is 4.90 Å². The molecule has 0 saturated carbocycles. The lowest BCUT2D eigenvalue weighted by Crippen LogP contribution is -2.39. The normalized spacial score (nSPS) is 21.8. The number of hydrogen-bond donors (Lipinski definition) is 0. The summed E-state index contributed by atoms with van der Waals surface area (Å²) < 4.78 is 18.1. The van der Waals surface area contributed by atoms with Crippen molar-refractivity contribution in [3.63, 3.8) is 0 Å². The highest BCUT2D eigenvalue weighted by molar-refractivity contribution is 5.75. The van der Waals surface area contributed by atoms with Crippen molar-refractivity contribution in [3.05, 3.63) is 46.8 Å². The summed E-state index contributed by atoms with van der Waals surface area (Å²) in [6.45, 7) is 9.93. The Bertz CT molecular complexity index is 1140. The average molecular weight is 393 g/mol. The minimum Gasteiger partial charge on any atom is -0.362 e. The lowest BCUT2D eigenvalue weighted by Gasteiger charge is -2.35. The number of rotatable bonds is 2. The van der Waals surface area contributed by atoms with E-state index in [2.05, 4.69) is 46.4 Å². The molecule has 0 aromatic carbocycles. The van der Waals surface area contributed by atoms with Gasteiger partial charge in [-0.3, -0.25) is 9.58 Å². The van der Waals surface area contributed by atoms with E-state index in [4.69, 9.17) is 5.10 Å². The van der Waals surface area contributed by atoms with E-state index in [1.165, 1.54) is 27.7 Å². The van der Waals surface area contributed by atoms with Gasteiger partial charge in [0.2, 0.25) is 0 Å². The third-order valence-electron chi connectivity index (χ3n) is 6.38. The van der Waals surface area contributed by atoms with Crippen LogP contribution in [0.15, 0.2) is 18.3 Å². The number of aromatic nitrogens is 4. The fourth-order valence-electron chi connectivity index (χ4n) is 4.86. The molecule has 0 amide bonds. The fraction of sp³-hybridized carbons (Fsp3) is 0.476. The van der Waals surface area contributed by atoms with Crippen LogP contribution in [0.25, 0.3) is 5.52 Å². The number of halogens is 1. The molecule has 0 fully saturated rings. The van der Waals surface area contributed by atoms with Crippen LogP contribution in [0.1, 0.15) is 49.5 Å². The molecule has 8 heteroatoms. The maximum atomic E-state index is 14.6. The van der Waals surface area contributed by atoms with E-state index >= 15 is 0 Å². The molecule has 2 aliphatic rings. The van der Waals surface area contributed by atoms with Gasteiger partial charge in [-0.15, -0.1) is 0 Å². The van der Waals surface area contributed by atoms with Crippen LogP contribution < -0.4 is 4.90 Å². The molecular weight excluding hydrogens is 369 g/mol. The van der Waals surface area contributed by atoms with E-state index < -0.39 is 5.82 Å². The summed E-state index contributed by atoms with van der Waals surface area (Å²) in [5.74, 6) is -0.405. The van der Waals surface area contributed by atoms with Gasteiger partial charge >= 0.3 is 0 Å². The molecular formula is C21H24FN7. The number of nitriles is 1. The average Bonchev–Trinajstić information content (AvgIpc) is 3.28. The van der Waals surface area contributed by atoms with E-state index in [0.717, 1.165) is 31.7 Å². The van der Waals surface area contributed by atoms with E-state index in [1.807, 2.05) is 6.07 Å². The summed E-state index contributed by atoms with van der Waals surface area (Å²) in [5.41, 5.74) is 5.21. The largest absolute Gasteiger partial charge is 0.362 e. The zero-order chi connectivity index (χ0) is 20.3. The molecule has 2 aliphatic heterocycles. The predicted octanol–water partition coefficient (Wildman–Crippen LogP) is 2.89. The molecule has 3 aromatic rings. The third kappa shape index (κ3) is 2.64. The molecule has 5 rings (SSSR count). The van der Waals surface area contributed by atoms with Crippen molar-refractivity contribution in [2.75, 3.05) is 18.0 Å². The highest BCUT2D eigenvalue weighted by Gasteiger charge is 2.33. The second-order valence-electron chi connectivity index (χ2n) is 8.13. The molecule has 7 nitrogen and oxygen atoms in total. The number of pyridine rings is 1. The van der Waals surface area contributed by atoms with Gasteiger partial charge in [-0.1, -0.05) is 6.92 Å². The van der Waals surface area contributed by atoms with E-state index in [9.17, 15) is 9.65 Å². The molecule has 0 radical (unpaired) electrons. The maximum Gasteiger partial charge on any atom is 0.171 e. The molecule has 0 aliphatic carbocycles. The van der Waals surface area contributed by atoms with Gasteiger partial charge in [0.15, 0.2) is 5.82 Å². The van der Waals surface area contributed by atoms with Crippen molar-refractivity contribution in [3.8, 4) is 6.07 Å². The van der Waals surface area contributed by atoms with Crippen LogP contribution in [0.2, 0.25) is 0 Å². The Morgan fingerprint density at radius 1 is 1.24 bits per heavy atom.